The normalized spacial score (nSPS) is 18.0. The van der Waals surface area contributed by atoms with Crippen molar-refractivity contribution in [1.82, 2.24) is 5.32 Å². The summed E-state index contributed by atoms with van der Waals surface area (Å²) >= 11 is 7.84. The third-order valence-electron chi connectivity index (χ3n) is 6.79. The summed E-state index contributed by atoms with van der Waals surface area (Å²) in [5.74, 6) is -3.38. The van der Waals surface area contributed by atoms with E-state index in [2.05, 4.69) is 5.32 Å². The van der Waals surface area contributed by atoms with Gasteiger partial charge in [0.1, 0.15) is 6.04 Å². The lowest BCUT2D eigenvalue weighted by atomic mass is 9.93. The number of aliphatic carboxylic acids is 2. The lowest BCUT2D eigenvalue weighted by molar-refractivity contribution is -0.143. The number of anilines is 1. The second-order valence-corrected chi connectivity index (χ2v) is 13.1. The van der Waals surface area contributed by atoms with E-state index < -0.39 is 35.6 Å². The molecule has 0 saturated carbocycles. The highest BCUT2D eigenvalue weighted by Gasteiger charge is 2.39. The van der Waals surface area contributed by atoms with E-state index in [-0.39, 0.29) is 29.4 Å². The van der Waals surface area contributed by atoms with Crippen LogP contribution in [0.2, 0.25) is 5.02 Å². The number of amides is 2. The minimum Gasteiger partial charge on any atom is -0.481 e. The van der Waals surface area contributed by atoms with Crippen LogP contribution < -0.4 is 10.2 Å². The Kier molecular flexibility index (Phi) is 9.29. The molecule has 4 rings (SSSR count). The molecule has 0 saturated heterocycles. The van der Waals surface area contributed by atoms with Crippen LogP contribution in [0, 0.1) is 5.41 Å². The molecule has 0 bridgehead atoms. The summed E-state index contributed by atoms with van der Waals surface area (Å²) in [4.78, 5) is 51.8. The van der Waals surface area contributed by atoms with Crippen molar-refractivity contribution < 1.29 is 29.4 Å². The zero-order valence-corrected chi connectivity index (χ0v) is 24.7. The molecule has 3 aromatic rings. The van der Waals surface area contributed by atoms with E-state index in [9.17, 15) is 24.3 Å². The van der Waals surface area contributed by atoms with E-state index in [0.29, 0.717) is 17.3 Å². The fraction of sp³-hybridized carbons (Fsp3) is 0.355. The number of rotatable bonds is 9. The molecule has 1 aliphatic rings. The van der Waals surface area contributed by atoms with Crippen molar-refractivity contribution in [3.8, 4) is 0 Å². The van der Waals surface area contributed by atoms with Crippen molar-refractivity contribution in [3.63, 3.8) is 0 Å². The number of fused-ring (bicyclic) bond motifs is 2. The SMILES string of the molecule is CC(C)(C)CN1C(=O)C(CC(=O)N[C@@H](CCC(=O)O)C(=O)O)SC(c2cccc3ccccc23)c2cc(Cl)ccc21. The molecule has 3 atom stereocenters. The van der Waals surface area contributed by atoms with Crippen LogP contribution in [-0.2, 0) is 19.2 Å². The van der Waals surface area contributed by atoms with Crippen molar-refractivity contribution in [2.24, 2.45) is 5.41 Å². The molecule has 216 valence electrons. The molecule has 0 fully saturated rings. The van der Waals surface area contributed by atoms with Gasteiger partial charge in [0.15, 0.2) is 0 Å². The number of carbonyl (C=O) groups is 4. The first-order valence-corrected chi connectivity index (χ1v) is 14.6. The van der Waals surface area contributed by atoms with Crippen molar-refractivity contribution in [2.75, 3.05) is 11.4 Å². The van der Waals surface area contributed by atoms with E-state index in [1.165, 1.54) is 11.8 Å². The molecule has 41 heavy (non-hydrogen) atoms. The lowest BCUT2D eigenvalue weighted by Crippen LogP contribution is -2.46. The largest absolute Gasteiger partial charge is 0.481 e. The Hall–Kier alpha value is -3.56. The van der Waals surface area contributed by atoms with E-state index in [4.69, 9.17) is 16.7 Å². The Bertz CT molecular complexity index is 1480. The Balaban J connectivity index is 1.78. The number of halogens is 1. The minimum absolute atomic E-state index is 0.260. The van der Waals surface area contributed by atoms with Gasteiger partial charge in [-0.25, -0.2) is 4.79 Å². The number of carboxylic acids is 2. The molecule has 10 heteroatoms. The quantitative estimate of drug-likeness (QED) is 0.281. The summed E-state index contributed by atoms with van der Waals surface area (Å²) in [7, 11) is 0. The molecule has 8 nitrogen and oxygen atoms in total. The summed E-state index contributed by atoms with van der Waals surface area (Å²) in [5, 5.41) is 22.3. The highest BCUT2D eigenvalue weighted by Crippen LogP contribution is 2.49. The van der Waals surface area contributed by atoms with Crippen molar-refractivity contribution >= 4 is 63.6 Å². The van der Waals surface area contributed by atoms with Crippen LogP contribution in [0.15, 0.2) is 60.7 Å². The lowest BCUT2D eigenvalue weighted by Gasteiger charge is -2.32. The molecule has 0 aliphatic carbocycles. The second-order valence-electron chi connectivity index (χ2n) is 11.4. The highest BCUT2D eigenvalue weighted by atomic mass is 35.5. The maximum atomic E-state index is 14.2. The predicted molar refractivity (Wildman–Crippen MR) is 161 cm³/mol. The number of thioether (sulfide) groups is 1. The fourth-order valence-electron chi connectivity index (χ4n) is 5.01. The zero-order chi connectivity index (χ0) is 29.9. The summed E-state index contributed by atoms with van der Waals surface area (Å²) in [6.07, 6.45) is -0.947. The highest BCUT2D eigenvalue weighted by molar-refractivity contribution is 8.01. The first kappa shape index (κ1) is 30.4. The number of nitrogens with one attached hydrogen (secondary N) is 1. The average Bonchev–Trinajstić information content (AvgIpc) is 3.00. The molecule has 2 unspecified atom stereocenters. The number of nitrogens with zero attached hydrogens (tertiary/aromatic N) is 1. The van der Waals surface area contributed by atoms with Crippen molar-refractivity contribution in [1.29, 1.82) is 0 Å². The van der Waals surface area contributed by atoms with Gasteiger partial charge in [-0.1, -0.05) is 74.8 Å². The second kappa shape index (κ2) is 12.5. The Morgan fingerprint density at radius 1 is 1.02 bits per heavy atom. The first-order chi connectivity index (χ1) is 19.3. The number of hydrogen-bond donors (Lipinski definition) is 3. The number of carboxylic acid groups (broad SMARTS) is 2. The van der Waals surface area contributed by atoms with E-state index >= 15 is 0 Å². The fourth-order valence-corrected chi connectivity index (χ4v) is 6.70. The maximum Gasteiger partial charge on any atom is 0.326 e. The Morgan fingerprint density at radius 3 is 2.41 bits per heavy atom. The zero-order valence-electron chi connectivity index (χ0n) is 23.1. The van der Waals surface area contributed by atoms with Gasteiger partial charge in [-0.3, -0.25) is 14.4 Å². The van der Waals surface area contributed by atoms with Gasteiger partial charge < -0.3 is 20.4 Å². The third-order valence-corrected chi connectivity index (χ3v) is 8.51. The smallest absolute Gasteiger partial charge is 0.326 e. The first-order valence-electron chi connectivity index (χ1n) is 13.3. The number of hydrogen-bond acceptors (Lipinski definition) is 5. The minimum atomic E-state index is -1.37. The molecule has 3 N–H and O–H groups in total. The molecule has 1 heterocycles. The molecule has 1 aliphatic heterocycles. The molecule has 2 amide bonds. The maximum absolute atomic E-state index is 14.2. The van der Waals surface area contributed by atoms with Crippen LogP contribution >= 0.6 is 23.4 Å². The summed E-state index contributed by atoms with van der Waals surface area (Å²) in [5.41, 5.74) is 2.27. The number of benzene rings is 3. The molecule has 0 spiro atoms. The van der Waals surface area contributed by atoms with Gasteiger partial charge in [-0.05, 0) is 51.9 Å². The van der Waals surface area contributed by atoms with Gasteiger partial charge in [0.25, 0.3) is 0 Å². The molecular weight excluding hydrogens is 564 g/mol. The summed E-state index contributed by atoms with van der Waals surface area (Å²) in [6, 6.07) is 18.0. The topological polar surface area (TPSA) is 124 Å². The van der Waals surface area contributed by atoms with E-state index in [1.54, 1.807) is 11.0 Å². The van der Waals surface area contributed by atoms with Gasteiger partial charge in [-0.2, -0.15) is 0 Å². The van der Waals surface area contributed by atoms with Crippen molar-refractivity contribution in [3.05, 3.63) is 76.8 Å². The third kappa shape index (κ3) is 7.40. The standard InChI is InChI=1S/C31H33ClN2O6S/c1-31(2,3)17-34-24-13-11-19(32)15-22(24)28(21-10-6-8-18-7-4-5-9-20(18)21)41-25(29(34)38)16-26(35)33-23(30(39)40)12-14-27(36)37/h4-11,13,15,23,25,28H,12,14,16-17H2,1-3H3,(H,33,35)(H,36,37)(H,39,40)/t23-,25?,28?/m0/s1. The van der Waals surface area contributed by atoms with Crippen LogP contribution in [0.25, 0.3) is 10.8 Å². The molecule has 3 aromatic carbocycles. The molecule has 0 radical (unpaired) electrons. The Morgan fingerprint density at radius 2 is 1.73 bits per heavy atom. The van der Waals surface area contributed by atoms with Crippen LogP contribution in [0.1, 0.15) is 56.4 Å². The predicted octanol–water partition coefficient (Wildman–Crippen LogP) is 5.90. The average molecular weight is 597 g/mol. The summed E-state index contributed by atoms with van der Waals surface area (Å²) < 4.78 is 0. The summed E-state index contributed by atoms with van der Waals surface area (Å²) in [6.45, 7) is 6.46. The number of carbonyl (C=O) groups excluding carboxylic acids is 2. The Labute approximate surface area is 248 Å². The van der Waals surface area contributed by atoms with Crippen LogP contribution in [0.4, 0.5) is 5.69 Å². The van der Waals surface area contributed by atoms with Gasteiger partial charge in [0.2, 0.25) is 11.8 Å². The van der Waals surface area contributed by atoms with E-state index in [1.807, 2.05) is 75.4 Å². The van der Waals surface area contributed by atoms with Gasteiger partial charge in [0.05, 0.1) is 10.5 Å². The monoisotopic (exact) mass is 596 g/mol. The van der Waals surface area contributed by atoms with Gasteiger partial charge >= 0.3 is 11.9 Å². The molecule has 0 aromatic heterocycles. The van der Waals surface area contributed by atoms with E-state index in [0.717, 1.165) is 21.9 Å². The molecular formula is C31H33ClN2O6S. The van der Waals surface area contributed by atoms with Crippen LogP contribution in [-0.4, -0.2) is 51.8 Å². The van der Waals surface area contributed by atoms with Crippen LogP contribution in [0.3, 0.4) is 0 Å². The van der Waals surface area contributed by atoms with Crippen LogP contribution in [0.5, 0.6) is 0 Å². The van der Waals surface area contributed by atoms with Gasteiger partial charge in [-0.15, -0.1) is 11.8 Å². The van der Waals surface area contributed by atoms with Crippen molar-refractivity contribution in [2.45, 2.75) is 56.6 Å². The van der Waals surface area contributed by atoms with Gasteiger partial charge in [0, 0.05) is 30.1 Å².